The molecule has 0 saturated heterocycles. The van der Waals surface area contributed by atoms with E-state index < -0.39 is 4.92 Å². The topological polar surface area (TPSA) is 98.0 Å². The number of nitro groups is 1. The van der Waals surface area contributed by atoms with Gasteiger partial charge in [-0.3, -0.25) is 10.1 Å². The number of guanidine groups is 1. The van der Waals surface area contributed by atoms with E-state index in [9.17, 15) is 10.1 Å². The van der Waals surface area contributed by atoms with E-state index in [4.69, 9.17) is 9.47 Å². The van der Waals surface area contributed by atoms with Crippen molar-refractivity contribution in [3.63, 3.8) is 0 Å². The highest BCUT2D eigenvalue weighted by atomic mass is 127. The quantitative estimate of drug-likeness (QED) is 0.126. The molecule has 2 aromatic carbocycles. The van der Waals surface area contributed by atoms with Crippen LogP contribution in [-0.4, -0.2) is 44.8 Å². The van der Waals surface area contributed by atoms with Crippen molar-refractivity contribution in [1.29, 1.82) is 0 Å². The van der Waals surface area contributed by atoms with Gasteiger partial charge in [-0.15, -0.1) is 24.0 Å². The number of hydrogen-bond donors (Lipinski definition) is 2. The smallest absolute Gasteiger partial charge is 0.269 e. The van der Waals surface area contributed by atoms with Crippen molar-refractivity contribution < 1.29 is 14.4 Å². The summed E-state index contributed by atoms with van der Waals surface area (Å²) in [6.45, 7) is 2.33. The van der Waals surface area contributed by atoms with Gasteiger partial charge in [0.25, 0.3) is 5.69 Å². The second kappa shape index (κ2) is 13.7. The molecule has 0 aliphatic carbocycles. The first-order chi connectivity index (χ1) is 13.6. The summed E-state index contributed by atoms with van der Waals surface area (Å²) in [4.78, 5) is 14.9. The maximum absolute atomic E-state index is 10.7. The Bertz CT molecular complexity index is 767. The van der Waals surface area contributed by atoms with Gasteiger partial charge in [0.1, 0.15) is 5.75 Å². The molecule has 9 heteroatoms. The third kappa shape index (κ3) is 9.09. The normalized spacial score (nSPS) is 10.8. The highest BCUT2D eigenvalue weighted by Gasteiger charge is 2.04. The summed E-state index contributed by atoms with van der Waals surface area (Å²) >= 11 is 0. The molecule has 0 heterocycles. The lowest BCUT2D eigenvalue weighted by atomic mass is 10.1. The van der Waals surface area contributed by atoms with Crippen molar-refractivity contribution in [1.82, 2.24) is 10.6 Å². The number of non-ortho nitro benzene ring substituents is 1. The Morgan fingerprint density at radius 3 is 2.21 bits per heavy atom. The fourth-order valence-electron chi connectivity index (χ4n) is 2.46. The van der Waals surface area contributed by atoms with Gasteiger partial charge in [-0.25, -0.2) is 4.99 Å². The Kier molecular flexibility index (Phi) is 11.7. The first kappa shape index (κ1) is 24.6. The molecule has 0 spiro atoms. The number of nitrogens with one attached hydrogen (secondary N) is 2. The second-order valence-corrected chi connectivity index (χ2v) is 6.03. The van der Waals surface area contributed by atoms with Crippen molar-refractivity contribution in [2.45, 2.75) is 13.0 Å². The second-order valence-electron chi connectivity index (χ2n) is 6.03. The average Bonchev–Trinajstić information content (AvgIpc) is 2.72. The van der Waals surface area contributed by atoms with Gasteiger partial charge >= 0.3 is 0 Å². The summed E-state index contributed by atoms with van der Waals surface area (Å²) in [6.07, 6.45) is 0.840. The third-order valence-electron chi connectivity index (χ3n) is 4.03. The number of hydrogen-bond acceptors (Lipinski definition) is 5. The Morgan fingerprint density at radius 2 is 1.62 bits per heavy atom. The molecule has 29 heavy (non-hydrogen) atoms. The van der Waals surface area contributed by atoms with Crippen LogP contribution in [0.5, 0.6) is 5.75 Å². The maximum atomic E-state index is 10.7. The van der Waals surface area contributed by atoms with Crippen LogP contribution in [0.15, 0.2) is 53.5 Å². The Balaban J connectivity index is 0.00000420. The number of ether oxygens (including phenoxy) is 2. The summed E-state index contributed by atoms with van der Waals surface area (Å²) in [5.74, 6) is 1.51. The summed E-state index contributed by atoms with van der Waals surface area (Å²) in [5, 5.41) is 17.2. The zero-order valence-electron chi connectivity index (χ0n) is 16.6. The number of rotatable bonds is 10. The van der Waals surface area contributed by atoms with E-state index in [0.29, 0.717) is 32.2 Å². The molecule has 158 valence electrons. The molecule has 0 aliphatic rings. The molecule has 0 fully saturated rings. The predicted molar refractivity (Wildman–Crippen MR) is 124 cm³/mol. The number of methoxy groups -OCH3 is 2. The van der Waals surface area contributed by atoms with Crippen LogP contribution in [-0.2, 0) is 17.7 Å². The van der Waals surface area contributed by atoms with Crippen LogP contribution in [0.2, 0.25) is 0 Å². The van der Waals surface area contributed by atoms with Gasteiger partial charge in [-0.2, -0.15) is 0 Å². The SMILES string of the molecule is COCCNC(=NCc1ccc([N+](=O)[O-])cc1)NCCc1ccc(OC)cc1.I. The minimum Gasteiger partial charge on any atom is -0.497 e. The van der Waals surface area contributed by atoms with Crippen LogP contribution in [0.25, 0.3) is 0 Å². The Hall–Kier alpha value is -2.40. The van der Waals surface area contributed by atoms with Gasteiger partial charge in [-0.05, 0) is 29.7 Å². The van der Waals surface area contributed by atoms with Crippen LogP contribution in [0.3, 0.4) is 0 Å². The van der Waals surface area contributed by atoms with Crippen LogP contribution in [0, 0.1) is 10.1 Å². The Labute approximate surface area is 187 Å². The molecule has 2 aromatic rings. The molecule has 0 unspecified atom stereocenters. The van der Waals surface area contributed by atoms with Crippen molar-refractivity contribution in [3.8, 4) is 5.75 Å². The zero-order chi connectivity index (χ0) is 20.2. The summed E-state index contributed by atoms with van der Waals surface area (Å²) in [7, 11) is 3.29. The van der Waals surface area contributed by atoms with Crippen molar-refractivity contribution in [2.24, 2.45) is 4.99 Å². The lowest BCUT2D eigenvalue weighted by molar-refractivity contribution is -0.384. The standard InChI is InChI=1S/C20H26N4O4.HI/c1-27-14-13-22-20(21-12-11-16-5-9-19(28-2)10-6-16)23-15-17-3-7-18(8-4-17)24(25)26;/h3-10H,11-15H2,1-2H3,(H2,21,22,23);1H. The minimum absolute atomic E-state index is 0. The van der Waals surface area contributed by atoms with E-state index in [1.54, 1.807) is 26.4 Å². The van der Waals surface area contributed by atoms with Crippen molar-refractivity contribution in [2.75, 3.05) is 33.9 Å². The van der Waals surface area contributed by atoms with E-state index in [-0.39, 0.29) is 29.7 Å². The lowest BCUT2D eigenvalue weighted by Crippen LogP contribution is -2.40. The molecule has 2 rings (SSSR count). The molecule has 0 radical (unpaired) electrons. The van der Waals surface area contributed by atoms with E-state index in [1.165, 1.54) is 17.7 Å². The van der Waals surface area contributed by atoms with Crippen molar-refractivity contribution >= 4 is 35.6 Å². The summed E-state index contributed by atoms with van der Waals surface area (Å²) in [6, 6.07) is 14.3. The summed E-state index contributed by atoms with van der Waals surface area (Å²) in [5.41, 5.74) is 2.16. The van der Waals surface area contributed by atoms with E-state index in [2.05, 4.69) is 15.6 Å². The minimum atomic E-state index is -0.411. The number of nitrogens with zero attached hydrogens (tertiary/aromatic N) is 2. The largest absolute Gasteiger partial charge is 0.497 e. The third-order valence-corrected chi connectivity index (χ3v) is 4.03. The molecule has 0 saturated carbocycles. The zero-order valence-corrected chi connectivity index (χ0v) is 18.9. The summed E-state index contributed by atoms with van der Waals surface area (Å²) < 4.78 is 10.2. The van der Waals surface area contributed by atoms with Gasteiger partial charge in [0.15, 0.2) is 5.96 Å². The van der Waals surface area contributed by atoms with E-state index in [0.717, 1.165) is 17.7 Å². The molecule has 0 atom stereocenters. The van der Waals surface area contributed by atoms with Crippen LogP contribution < -0.4 is 15.4 Å². The first-order valence-electron chi connectivity index (χ1n) is 8.99. The average molecular weight is 514 g/mol. The monoisotopic (exact) mass is 514 g/mol. The fourth-order valence-corrected chi connectivity index (χ4v) is 2.46. The highest BCUT2D eigenvalue weighted by Crippen LogP contribution is 2.13. The van der Waals surface area contributed by atoms with Gasteiger partial charge in [0, 0.05) is 32.3 Å². The number of halogens is 1. The number of aliphatic imine (C=N–C) groups is 1. The Morgan fingerprint density at radius 1 is 1.00 bits per heavy atom. The molecule has 8 nitrogen and oxygen atoms in total. The number of benzene rings is 2. The molecule has 2 N–H and O–H groups in total. The lowest BCUT2D eigenvalue weighted by Gasteiger charge is -2.12. The molecule has 0 amide bonds. The first-order valence-corrected chi connectivity index (χ1v) is 8.99. The van der Waals surface area contributed by atoms with Crippen molar-refractivity contribution in [3.05, 3.63) is 69.8 Å². The fraction of sp³-hybridized carbons (Fsp3) is 0.350. The van der Waals surface area contributed by atoms with E-state index in [1.807, 2.05) is 24.3 Å². The maximum Gasteiger partial charge on any atom is 0.269 e. The predicted octanol–water partition coefficient (Wildman–Crippen LogP) is 3.15. The van der Waals surface area contributed by atoms with E-state index >= 15 is 0 Å². The molecule has 0 aromatic heterocycles. The molecular weight excluding hydrogens is 487 g/mol. The highest BCUT2D eigenvalue weighted by molar-refractivity contribution is 14.0. The van der Waals surface area contributed by atoms with Gasteiger partial charge in [0.05, 0.1) is 25.2 Å². The molecular formula is C20H27IN4O4. The van der Waals surface area contributed by atoms with Gasteiger partial charge in [-0.1, -0.05) is 24.3 Å². The van der Waals surface area contributed by atoms with Crippen LogP contribution >= 0.6 is 24.0 Å². The van der Waals surface area contributed by atoms with Crippen LogP contribution in [0.1, 0.15) is 11.1 Å². The number of nitro benzene ring substituents is 1. The molecule has 0 bridgehead atoms. The van der Waals surface area contributed by atoms with Gasteiger partial charge in [0.2, 0.25) is 0 Å². The van der Waals surface area contributed by atoms with Crippen LogP contribution in [0.4, 0.5) is 5.69 Å². The molecule has 0 aliphatic heterocycles. The van der Waals surface area contributed by atoms with Gasteiger partial charge < -0.3 is 20.1 Å².